The molecule has 1 amide bonds. The molecule has 0 saturated heterocycles. The van der Waals surface area contributed by atoms with Gasteiger partial charge in [0.25, 0.3) is 0 Å². The number of thiol groups is 1. The van der Waals surface area contributed by atoms with Gasteiger partial charge in [0.1, 0.15) is 0 Å². The van der Waals surface area contributed by atoms with E-state index in [0.717, 1.165) is 11.3 Å². The molecule has 0 N–H and O–H groups in total. The number of benzene rings is 2. The molecule has 0 aromatic heterocycles. The van der Waals surface area contributed by atoms with Gasteiger partial charge in [-0.1, -0.05) is 48.0 Å². The molecule has 1 aliphatic heterocycles. The van der Waals surface area contributed by atoms with E-state index in [1.165, 1.54) is 5.56 Å². The Morgan fingerprint density at radius 1 is 1.19 bits per heavy atom. The van der Waals surface area contributed by atoms with Gasteiger partial charge in [-0.25, -0.2) is 0 Å². The van der Waals surface area contributed by atoms with Gasteiger partial charge >= 0.3 is 0 Å². The van der Waals surface area contributed by atoms with E-state index in [-0.39, 0.29) is 11.8 Å². The van der Waals surface area contributed by atoms with Crippen LogP contribution in [0.5, 0.6) is 0 Å². The number of hydrogen-bond acceptors (Lipinski definition) is 2. The number of carbonyl (C=O) groups excluding carboxylic acids is 1. The fourth-order valence-corrected chi connectivity index (χ4v) is 3.24. The third kappa shape index (κ3) is 2.94. The van der Waals surface area contributed by atoms with Crippen LogP contribution in [-0.4, -0.2) is 18.2 Å². The second-order valence-electron chi connectivity index (χ2n) is 5.24. The third-order valence-electron chi connectivity index (χ3n) is 3.88. The van der Waals surface area contributed by atoms with Crippen molar-refractivity contribution < 1.29 is 4.79 Å². The first-order valence-corrected chi connectivity index (χ1v) is 7.94. The van der Waals surface area contributed by atoms with Crippen LogP contribution in [0.2, 0.25) is 5.02 Å². The lowest BCUT2D eigenvalue weighted by Gasteiger charge is -2.24. The van der Waals surface area contributed by atoms with Crippen LogP contribution in [0.25, 0.3) is 0 Å². The average molecular weight is 318 g/mol. The average Bonchev–Trinajstić information content (AvgIpc) is 2.81. The molecule has 2 aromatic rings. The lowest BCUT2D eigenvalue weighted by molar-refractivity contribution is -0.117. The summed E-state index contributed by atoms with van der Waals surface area (Å²) in [4.78, 5) is 14.1. The van der Waals surface area contributed by atoms with Gasteiger partial charge in [-0.15, -0.1) is 0 Å². The number of carbonyl (C=O) groups is 1. The van der Waals surface area contributed by atoms with Crippen LogP contribution < -0.4 is 4.90 Å². The molecule has 0 spiro atoms. The molecule has 0 bridgehead atoms. The lowest BCUT2D eigenvalue weighted by Crippen LogP contribution is -2.32. The van der Waals surface area contributed by atoms with Crippen LogP contribution >= 0.6 is 24.2 Å². The van der Waals surface area contributed by atoms with Gasteiger partial charge in [0.05, 0.1) is 6.42 Å². The van der Waals surface area contributed by atoms with Crippen molar-refractivity contribution in [3.05, 3.63) is 64.7 Å². The van der Waals surface area contributed by atoms with Crippen molar-refractivity contribution in [3.63, 3.8) is 0 Å². The summed E-state index contributed by atoms with van der Waals surface area (Å²) < 4.78 is 0. The second-order valence-corrected chi connectivity index (χ2v) is 6.05. The minimum Gasteiger partial charge on any atom is -0.311 e. The molecule has 1 heterocycles. The minimum absolute atomic E-state index is 0.134. The smallest absolute Gasteiger partial charge is 0.231 e. The van der Waals surface area contributed by atoms with E-state index in [0.29, 0.717) is 23.7 Å². The number of amides is 1. The van der Waals surface area contributed by atoms with Gasteiger partial charge in [-0.05, 0) is 29.0 Å². The first-order chi connectivity index (χ1) is 10.2. The zero-order chi connectivity index (χ0) is 14.8. The molecule has 2 nitrogen and oxygen atoms in total. The van der Waals surface area contributed by atoms with Crippen molar-refractivity contribution in [2.45, 2.75) is 12.3 Å². The monoisotopic (exact) mass is 317 g/mol. The number of fused-ring (bicyclic) bond motifs is 1. The maximum Gasteiger partial charge on any atom is 0.231 e. The molecule has 21 heavy (non-hydrogen) atoms. The Morgan fingerprint density at radius 2 is 1.95 bits per heavy atom. The molecule has 1 unspecified atom stereocenters. The van der Waals surface area contributed by atoms with Crippen LogP contribution in [0.15, 0.2) is 48.5 Å². The van der Waals surface area contributed by atoms with Crippen LogP contribution in [0.1, 0.15) is 17.0 Å². The summed E-state index contributed by atoms with van der Waals surface area (Å²) in [6.45, 7) is 0.639. The summed E-state index contributed by atoms with van der Waals surface area (Å²) in [7, 11) is 0. The van der Waals surface area contributed by atoms with E-state index < -0.39 is 0 Å². The molecule has 0 saturated carbocycles. The van der Waals surface area contributed by atoms with E-state index in [1.54, 1.807) is 0 Å². The molecule has 3 rings (SSSR count). The summed E-state index contributed by atoms with van der Waals surface area (Å²) in [6, 6.07) is 15.8. The molecule has 2 aromatic carbocycles. The van der Waals surface area contributed by atoms with Crippen LogP contribution in [-0.2, 0) is 11.2 Å². The van der Waals surface area contributed by atoms with Crippen molar-refractivity contribution >= 4 is 35.8 Å². The molecule has 4 heteroatoms. The number of halogens is 1. The van der Waals surface area contributed by atoms with Crippen molar-refractivity contribution in [1.82, 2.24) is 0 Å². The summed E-state index contributed by atoms with van der Waals surface area (Å²) >= 11 is 10.5. The fourth-order valence-electron chi connectivity index (χ4n) is 2.74. The highest BCUT2D eigenvalue weighted by molar-refractivity contribution is 7.80. The summed E-state index contributed by atoms with van der Waals surface area (Å²) in [5.74, 6) is 1.04. The molecule has 108 valence electrons. The Bertz CT molecular complexity index is 659. The standard InChI is InChI=1S/C17H16ClNOS/c18-15-7-6-13-8-17(20)19(16(13)9-15)10-14(11-21)12-4-2-1-3-5-12/h1-7,9,14,21H,8,10-11H2. The Hall–Kier alpha value is -1.45. The summed E-state index contributed by atoms with van der Waals surface area (Å²) in [6.07, 6.45) is 0.459. The Kier molecular flexibility index (Phi) is 4.22. The van der Waals surface area contributed by atoms with Crippen molar-refractivity contribution in [2.24, 2.45) is 0 Å². The zero-order valence-electron chi connectivity index (χ0n) is 11.5. The highest BCUT2D eigenvalue weighted by Gasteiger charge is 2.29. The van der Waals surface area contributed by atoms with Crippen LogP contribution in [0.3, 0.4) is 0 Å². The summed E-state index contributed by atoms with van der Waals surface area (Å²) in [5.41, 5.74) is 3.20. The quantitative estimate of drug-likeness (QED) is 0.847. The minimum atomic E-state index is 0.134. The van der Waals surface area contributed by atoms with Gasteiger partial charge in [0.2, 0.25) is 5.91 Å². The second kappa shape index (κ2) is 6.12. The maximum absolute atomic E-state index is 12.3. The molecule has 1 atom stereocenters. The SMILES string of the molecule is O=C1Cc2ccc(Cl)cc2N1CC(CS)c1ccccc1. The highest BCUT2D eigenvalue weighted by atomic mass is 35.5. The Balaban J connectivity index is 1.88. The Morgan fingerprint density at radius 3 is 2.67 bits per heavy atom. The number of rotatable bonds is 4. The zero-order valence-corrected chi connectivity index (χ0v) is 13.1. The van der Waals surface area contributed by atoms with Gasteiger partial charge in [0.15, 0.2) is 0 Å². The van der Waals surface area contributed by atoms with Crippen molar-refractivity contribution in [2.75, 3.05) is 17.2 Å². The maximum atomic E-state index is 12.3. The van der Waals surface area contributed by atoms with Crippen molar-refractivity contribution in [3.8, 4) is 0 Å². The van der Waals surface area contributed by atoms with Crippen molar-refractivity contribution in [1.29, 1.82) is 0 Å². The van der Waals surface area contributed by atoms with Gasteiger partial charge in [-0.3, -0.25) is 4.79 Å². The fraction of sp³-hybridized carbons (Fsp3) is 0.235. The molecule has 0 radical (unpaired) electrons. The number of hydrogen-bond donors (Lipinski definition) is 1. The number of anilines is 1. The molecule has 0 aliphatic carbocycles. The first kappa shape index (κ1) is 14.5. The topological polar surface area (TPSA) is 20.3 Å². The van der Waals surface area contributed by atoms with Gasteiger partial charge in [0, 0.05) is 23.2 Å². The number of nitrogens with zero attached hydrogens (tertiary/aromatic N) is 1. The first-order valence-electron chi connectivity index (χ1n) is 6.93. The Labute approximate surface area is 135 Å². The van der Waals surface area contributed by atoms with E-state index in [9.17, 15) is 4.79 Å². The molecular weight excluding hydrogens is 302 g/mol. The van der Waals surface area contributed by atoms with E-state index in [4.69, 9.17) is 11.6 Å². The molecule has 0 fully saturated rings. The van der Waals surface area contributed by atoms with Gasteiger partial charge < -0.3 is 4.90 Å². The van der Waals surface area contributed by atoms with E-state index >= 15 is 0 Å². The summed E-state index contributed by atoms with van der Waals surface area (Å²) in [5, 5.41) is 0.663. The normalized spacial score (nSPS) is 15.1. The largest absolute Gasteiger partial charge is 0.311 e. The van der Waals surface area contributed by atoms with Crippen LogP contribution in [0.4, 0.5) is 5.69 Å². The third-order valence-corrected chi connectivity index (χ3v) is 4.55. The van der Waals surface area contributed by atoms with Crippen LogP contribution in [0, 0.1) is 0 Å². The predicted octanol–water partition coefficient (Wildman–Crippen LogP) is 3.94. The molecule has 1 aliphatic rings. The van der Waals surface area contributed by atoms with E-state index in [2.05, 4.69) is 24.8 Å². The van der Waals surface area contributed by atoms with E-state index in [1.807, 2.05) is 41.3 Å². The predicted molar refractivity (Wildman–Crippen MR) is 90.5 cm³/mol. The lowest BCUT2D eigenvalue weighted by atomic mass is 10.0. The molecular formula is C17H16ClNOS. The van der Waals surface area contributed by atoms with Gasteiger partial charge in [-0.2, -0.15) is 12.6 Å². The highest BCUT2D eigenvalue weighted by Crippen LogP contribution is 2.33.